The van der Waals surface area contributed by atoms with Gasteiger partial charge in [0.25, 0.3) is 0 Å². The molecule has 0 aliphatic rings. The highest BCUT2D eigenvalue weighted by molar-refractivity contribution is 5.97. The quantitative estimate of drug-likeness (QED) is 0.773. The molecule has 5 nitrogen and oxygen atoms in total. The summed E-state index contributed by atoms with van der Waals surface area (Å²) in [4.78, 5) is 22.9. The van der Waals surface area contributed by atoms with Crippen LogP contribution in [0.5, 0.6) is 0 Å². The van der Waals surface area contributed by atoms with Crippen molar-refractivity contribution >= 4 is 17.6 Å². The van der Waals surface area contributed by atoms with E-state index in [1.54, 1.807) is 12.1 Å². The molecule has 0 fully saturated rings. The number of anilines is 1. The Labute approximate surface area is 98.6 Å². The van der Waals surface area contributed by atoms with Gasteiger partial charge in [0.1, 0.15) is 5.70 Å². The number of carboxylic acid groups (broad SMARTS) is 2. The standard InChI is InChI=1S/C12H13NO4/c1-8-5-3-4-6-9(8)13(2)10(12(16)17)7-11(14)15/h3-7H,1-2H3,(H,14,15)(H,16,17)/b10-7-. The predicted octanol–water partition coefficient (Wildman–Crippen LogP) is 1.48. The van der Waals surface area contributed by atoms with Crippen LogP contribution in [0, 0.1) is 6.92 Å². The van der Waals surface area contributed by atoms with Crippen LogP contribution in [-0.4, -0.2) is 29.2 Å². The van der Waals surface area contributed by atoms with E-state index in [9.17, 15) is 9.59 Å². The third-order valence-electron chi connectivity index (χ3n) is 2.32. The van der Waals surface area contributed by atoms with Gasteiger partial charge >= 0.3 is 11.9 Å². The second-order valence-electron chi connectivity index (χ2n) is 3.52. The Morgan fingerprint density at radius 3 is 2.29 bits per heavy atom. The van der Waals surface area contributed by atoms with Gasteiger partial charge in [0.05, 0.1) is 6.08 Å². The Balaban J connectivity index is 3.18. The van der Waals surface area contributed by atoms with Crippen LogP contribution >= 0.6 is 0 Å². The highest BCUT2D eigenvalue weighted by Crippen LogP contribution is 2.21. The second kappa shape index (κ2) is 5.16. The molecule has 0 bridgehead atoms. The van der Waals surface area contributed by atoms with Crippen LogP contribution in [0.2, 0.25) is 0 Å². The molecular weight excluding hydrogens is 222 g/mol. The first kappa shape index (κ1) is 12.8. The number of aliphatic carboxylic acids is 2. The molecule has 0 radical (unpaired) electrons. The van der Waals surface area contributed by atoms with Gasteiger partial charge in [0, 0.05) is 12.7 Å². The van der Waals surface area contributed by atoms with Gasteiger partial charge in [-0.25, -0.2) is 9.59 Å². The van der Waals surface area contributed by atoms with Crippen molar-refractivity contribution in [1.82, 2.24) is 0 Å². The van der Waals surface area contributed by atoms with E-state index in [0.29, 0.717) is 11.8 Å². The zero-order valence-corrected chi connectivity index (χ0v) is 9.54. The second-order valence-corrected chi connectivity index (χ2v) is 3.52. The Morgan fingerprint density at radius 1 is 1.24 bits per heavy atom. The van der Waals surface area contributed by atoms with E-state index in [2.05, 4.69) is 0 Å². The van der Waals surface area contributed by atoms with Gasteiger partial charge in [-0.3, -0.25) is 0 Å². The van der Waals surface area contributed by atoms with E-state index >= 15 is 0 Å². The van der Waals surface area contributed by atoms with Crippen molar-refractivity contribution in [1.29, 1.82) is 0 Å². The highest BCUT2D eigenvalue weighted by Gasteiger charge is 2.17. The first-order valence-corrected chi connectivity index (χ1v) is 4.90. The number of nitrogens with zero attached hydrogens (tertiary/aromatic N) is 1. The zero-order valence-electron chi connectivity index (χ0n) is 9.54. The van der Waals surface area contributed by atoms with Gasteiger partial charge in [-0.1, -0.05) is 18.2 Å². The van der Waals surface area contributed by atoms with Gasteiger partial charge < -0.3 is 15.1 Å². The third-order valence-corrected chi connectivity index (χ3v) is 2.32. The third kappa shape index (κ3) is 3.07. The van der Waals surface area contributed by atoms with Crippen molar-refractivity contribution in [2.45, 2.75) is 6.92 Å². The van der Waals surface area contributed by atoms with E-state index in [-0.39, 0.29) is 5.70 Å². The maximum atomic E-state index is 11.0. The van der Waals surface area contributed by atoms with Crippen LogP contribution < -0.4 is 4.90 Å². The number of carbonyl (C=O) groups is 2. The largest absolute Gasteiger partial charge is 0.478 e. The molecule has 0 aliphatic heterocycles. The molecule has 2 N–H and O–H groups in total. The molecule has 0 unspecified atom stereocenters. The summed E-state index contributed by atoms with van der Waals surface area (Å²) in [5, 5.41) is 17.6. The summed E-state index contributed by atoms with van der Waals surface area (Å²) in [6.07, 6.45) is 0.675. The van der Waals surface area contributed by atoms with E-state index in [4.69, 9.17) is 10.2 Å². The lowest BCUT2D eigenvalue weighted by atomic mass is 10.1. The summed E-state index contributed by atoms with van der Waals surface area (Å²) >= 11 is 0. The lowest BCUT2D eigenvalue weighted by molar-refractivity contribution is -0.135. The van der Waals surface area contributed by atoms with Crippen molar-refractivity contribution in [2.75, 3.05) is 11.9 Å². The van der Waals surface area contributed by atoms with E-state index in [1.807, 2.05) is 19.1 Å². The minimum absolute atomic E-state index is 0.285. The fourth-order valence-corrected chi connectivity index (χ4v) is 1.49. The van der Waals surface area contributed by atoms with Gasteiger partial charge in [-0.2, -0.15) is 0 Å². The number of hydrogen-bond donors (Lipinski definition) is 2. The molecular formula is C12H13NO4. The lowest BCUT2D eigenvalue weighted by Gasteiger charge is -2.21. The highest BCUT2D eigenvalue weighted by atomic mass is 16.4. The monoisotopic (exact) mass is 235 g/mol. The topological polar surface area (TPSA) is 77.8 Å². The Morgan fingerprint density at radius 2 is 1.82 bits per heavy atom. The molecule has 1 rings (SSSR count). The minimum atomic E-state index is -1.29. The molecule has 17 heavy (non-hydrogen) atoms. The first-order valence-electron chi connectivity index (χ1n) is 4.90. The molecule has 5 heteroatoms. The van der Waals surface area contributed by atoms with Gasteiger partial charge in [-0.15, -0.1) is 0 Å². The van der Waals surface area contributed by atoms with E-state index in [0.717, 1.165) is 5.56 Å². The molecule has 0 aromatic heterocycles. The summed E-state index contributed by atoms with van der Waals surface area (Å²) in [5.41, 5.74) is 1.24. The normalized spacial score (nSPS) is 11.1. The molecule has 0 spiro atoms. The average molecular weight is 235 g/mol. The van der Waals surface area contributed by atoms with E-state index < -0.39 is 11.9 Å². The van der Waals surface area contributed by atoms with Crippen LogP contribution in [0.25, 0.3) is 0 Å². The van der Waals surface area contributed by atoms with Gasteiger partial charge in [0.15, 0.2) is 0 Å². The predicted molar refractivity (Wildman–Crippen MR) is 62.9 cm³/mol. The average Bonchev–Trinajstić information content (AvgIpc) is 2.25. The van der Waals surface area contributed by atoms with Crippen molar-refractivity contribution in [3.05, 3.63) is 41.6 Å². The summed E-state index contributed by atoms with van der Waals surface area (Å²) in [6, 6.07) is 7.15. The number of para-hydroxylation sites is 1. The molecule has 1 aromatic rings. The molecule has 0 amide bonds. The van der Waals surface area contributed by atoms with Gasteiger partial charge in [-0.05, 0) is 18.6 Å². The fraction of sp³-hybridized carbons (Fsp3) is 0.167. The number of benzene rings is 1. The molecule has 0 saturated carbocycles. The maximum Gasteiger partial charge on any atom is 0.352 e. The summed E-state index contributed by atoms with van der Waals surface area (Å²) < 4.78 is 0. The SMILES string of the molecule is Cc1ccccc1N(C)/C(=C\C(=O)O)C(=O)O. The number of rotatable bonds is 4. The smallest absolute Gasteiger partial charge is 0.352 e. The van der Waals surface area contributed by atoms with Crippen molar-refractivity contribution in [3.8, 4) is 0 Å². The first-order chi connectivity index (χ1) is 7.93. The van der Waals surface area contributed by atoms with Crippen LogP contribution in [0.15, 0.2) is 36.0 Å². The molecule has 0 saturated heterocycles. The van der Waals surface area contributed by atoms with E-state index in [1.165, 1.54) is 11.9 Å². The van der Waals surface area contributed by atoms with Crippen LogP contribution in [0.3, 0.4) is 0 Å². The van der Waals surface area contributed by atoms with Crippen molar-refractivity contribution in [3.63, 3.8) is 0 Å². The molecule has 90 valence electrons. The Bertz CT molecular complexity index is 479. The summed E-state index contributed by atoms with van der Waals surface area (Å²) in [6.45, 7) is 1.83. The van der Waals surface area contributed by atoms with Gasteiger partial charge in [0.2, 0.25) is 0 Å². The molecule has 0 aliphatic carbocycles. The lowest BCUT2D eigenvalue weighted by Crippen LogP contribution is -2.24. The fourth-order valence-electron chi connectivity index (χ4n) is 1.49. The zero-order chi connectivity index (χ0) is 13.0. The molecule has 1 aromatic carbocycles. The summed E-state index contributed by atoms with van der Waals surface area (Å²) in [7, 11) is 1.52. The number of aryl methyl sites for hydroxylation is 1. The van der Waals surface area contributed by atoms with Crippen LogP contribution in [0.1, 0.15) is 5.56 Å². The molecule has 0 atom stereocenters. The number of hydrogen-bond acceptors (Lipinski definition) is 3. The van der Waals surface area contributed by atoms with Crippen molar-refractivity contribution in [2.24, 2.45) is 0 Å². The van der Waals surface area contributed by atoms with Crippen LogP contribution in [-0.2, 0) is 9.59 Å². The summed E-state index contributed by atoms with van der Waals surface area (Å²) in [5.74, 6) is -2.57. The number of likely N-dealkylation sites (N-methyl/N-ethyl adjacent to an activating group) is 1. The number of carboxylic acids is 2. The Hall–Kier alpha value is -2.30. The molecule has 0 heterocycles. The minimum Gasteiger partial charge on any atom is -0.478 e. The Kier molecular flexibility index (Phi) is 3.87. The van der Waals surface area contributed by atoms with Crippen LogP contribution in [0.4, 0.5) is 5.69 Å². The maximum absolute atomic E-state index is 11.0. The van der Waals surface area contributed by atoms with Crippen molar-refractivity contribution < 1.29 is 19.8 Å².